The van der Waals surface area contributed by atoms with Crippen LogP contribution in [0.5, 0.6) is 0 Å². The largest absolute Gasteiger partial charge is 0.444 e. The molecule has 12 rings (SSSR count). The first-order chi connectivity index (χ1) is 65.5. The molecule has 11 heterocycles. The molecule has 7 amide bonds. The highest BCUT2D eigenvalue weighted by molar-refractivity contribution is 9.11. The van der Waals surface area contributed by atoms with Gasteiger partial charge in [-0.3, -0.25) is 28.7 Å². The Morgan fingerprint density at radius 3 is 1.21 bits per heavy atom. The Labute approximate surface area is 884 Å². The zero-order chi connectivity index (χ0) is 105. The zero-order valence-corrected chi connectivity index (χ0v) is 91.3. The van der Waals surface area contributed by atoms with Gasteiger partial charge in [-0.2, -0.15) is 41.5 Å². The number of nitriles is 2. The van der Waals surface area contributed by atoms with Gasteiger partial charge in [-0.05, 0) is 238 Å². The van der Waals surface area contributed by atoms with Gasteiger partial charge in [0.15, 0.2) is 5.82 Å². The molecule has 0 radical (unpaired) electrons. The Balaban J connectivity index is 0.000000557. The predicted octanol–water partition coefficient (Wildman–Crippen LogP) is 11.3. The molecule has 5 aliphatic heterocycles. The first-order valence-electron chi connectivity index (χ1n) is 42.6. The maximum atomic E-state index is 13.6. The molecule has 5 fully saturated rings. The maximum absolute atomic E-state index is 13.6. The molecule has 47 nitrogen and oxygen atoms in total. The summed E-state index contributed by atoms with van der Waals surface area (Å²) in [6, 6.07) is 5.37. The molecule has 5 saturated heterocycles. The number of primary amides is 3. The molecule has 0 spiro atoms. The lowest BCUT2D eigenvalue weighted by atomic mass is 10.2. The fourth-order valence-electron chi connectivity index (χ4n) is 13.5. The Morgan fingerprint density at radius 2 is 0.915 bits per heavy atom. The number of rotatable bonds is 25. The van der Waals surface area contributed by atoms with Gasteiger partial charge in [0.2, 0.25) is 11.1 Å². The number of allylic oxidation sites excluding steroid dienone is 1. The number of nitrogens with zero attached hydrogens (tertiary/aromatic N) is 21. The van der Waals surface area contributed by atoms with Crippen molar-refractivity contribution in [1.29, 1.82) is 16.1 Å². The number of ether oxygens (including phenoxy) is 3. The normalized spacial score (nSPS) is 16.0. The SMILES string of the molecule is C#Cc1c(F)cc2c(ncn2CC)c1F.C=CC(=O)Cl.C=CC(=O)N1CC[C@H](n2nc(Br)c(C(N)=O)c2NCCO)C1.CC(C)(C)OC(=O)N1CC[C@H](n2nc(Br)c(C#N)c2Br)C1.CC(C)(C)OC(=O)N1CC[C@H](n2nc(Br)c(C#N)c2NCCO)C1.CC(C)(C)OC(=O)N1CC[C@H](n2nc(Br)c(C(N)=O)c2NCCO)C1.Cl.Cl.N=NN=NCl.NC(=O)c1c(Br)nn([C@H]2CCNC2)c1NCCO.NCCO. The third kappa shape index (κ3) is 38.3. The molecule has 5 atom stereocenters. The number of nitrogens with one attached hydrogen (secondary N) is 6. The van der Waals surface area contributed by atoms with Gasteiger partial charge in [0.1, 0.15) is 119 Å². The Morgan fingerprint density at radius 1 is 0.574 bits per heavy atom. The number of benzene rings is 1. The van der Waals surface area contributed by atoms with E-state index >= 15 is 0 Å². The number of aryl methyl sites for hydroxylation is 1. The van der Waals surface area contributed by atoms with Gasteiger partial charge < -0.3 is 113 Å². The van der Waals surface area contributed by atoms with Crippen molar-refractivity contribution >= 4 is 225 Å². The number of likely N-dealkylation sites (tertiary alicyclic amines) is 4. The number of amides is 7. The molecule has 59 heteroatoms. The first-order valence-corrected chi connectivity index (χ1v) is 48.0. The first kappa shape index (κ1) is 127. The number of nitrogens with two attached hydrogens (primary N) is 4. The lowest BCUT2D eigenvalue weighted by Crippen LogP contribution is -2.35. The fourth-order valence-corrected chi connectivity index (χ4v) is 17.0. The number of fused-ring (bicyclic) bond motifs is 1. The summed E-state index contributed by atoms with van der Waals surface area (Å²) in [6.45, 7) is 32.8. The third-order valence-corrected chi connectivity index (χ3v) is 23.1. The molecule has 141 heavy (non-hydrogen) atoms. The van der Waals surface area contributed by atoms with Crippen molar-refractivity contribution < 1.29 is 86.9 Å². The predicted molar refractivity (Wildman–Crippen MR) is 547 cm³/mol. The number of terminal acetylenes is 1. The number of imidazole rings is 1. The van der Waals surface area contributed by atoms with Crippen molar-refractivity contribution in [3.05, 3.63) is 110 Å². The van der Waals surface area contributed by atoms with Crippen molar-refractivity contribution in [3.63, 3.8) is 0 Å². The molecule has 19 N–H and O–H groups in total. The molecule has 6 aromatic heterocycles. The van der Waals surface area contributed by atoms with E-state index in [-0.39, 0.29) is 148 Å². The van der Waals surface area contributed by atoms with Crippen LogP contribution in [0.4, 0.5) is 46.4 Å². The Kier molecular flexibility index (Phi) is 55.9. The van der Waals surface area contributed by atoms with Gasteiger partial charge >= 0.3 is 18.3 Å². The highest BCUT2D eigenvalue weighted by Crippen LogP contribution is 2.38. The third-order valence-electron chi connectivity index (χ3n) is 19.4. The smallest absolute Gasteiger partial charge is 0.410 e. The number of hydrogen-bond acceptors (Lipinski definition) is 32. The van der Waals surface area contributed by atoms with Crippen molar-refractivity contribution in [1.82, 2.24) is 83.4 Å². The van der Waals surface area contributed by atoms with Crippen LogP contribution in [0.25, 0.3) is 11.0 Å². The van der Waals surface area contributed by atoms with E-state index in [4.69, 9.17) is 91.5 Å². The van der Waals surface area contributed by atoms with Crippen LogP contribution in [0.3, 0.4) is 0 Å². The number of halogens is 12. The molecule has 0 bridgehead atoms. The van der Waals surface area contributed by atoms with Crippen LogP contribution in [0, 0.1) is 52.2 Å². The summed E-state index contributed by atoms with van der Waals surface area (Å²) < 4.78 is 58.6. The standard InChI is InChI=1S/C15H24BrN5O4.C15H22BrN5O3.C13H16Br2N4O2.C13H18BrN5O3.C11H8F2N2.C10H16BrN5O2.C3H3ClO.C2H7NO.ClHN4.2ClH/c1-15(2,3)25-14(24)20-6-4-9(8-20)21-13(18-5-7-22)10(12(17)23)11(16)19-21;1-15(2,3)24-14(23)20-6-4-10(9-20)21-13(18-5-7-22)11(8-17)12(16)19-21;1-13(2,3)21-12(20)18-5-4-8(7-18)19-11(15)9(6-16)10(14)17-19;1-2-9(21)18-5-3-8(7-18)19-13(16-4-6-20)10(12(15)22)11(14)17-19;1-3-7-8(12)5-9-11(10(7)13)14-6-15(9)4-2;11-8-7(9(12)18)10(14-3-4-17)16(15-8)6-1-2-13-5-6;1-2-3(4)5;3-1-2-4;1-3-5-4-2;;/h9,18,22H,4-8H2,1-3H3,(H2,17,23);10,18,22H,4-7,9H2,1-3H3;8H,4-5,7H2,1-3H3;2,8,16,20H,1,3-7H2,(H2,15,22);1,5-6H,4H2,2H3;6,13-14,17H,1-5H2,(H2,12,18);2H,1H2;4H,1-3H2;2H;2*1H/t9-;10-;2*8-;;6-;;;;;/m0000.0...../s1. The van der Waals surface area contributed by atoms with E-state index in [2.05, 4.69) is 205 Å². The molecular formula is C82H117Br6Cl4F2N31O16. The topological polar surface area (TPSA) is 658 Å². The quantitative estimate of drug-likeness (QED) is 0.00631. The van der Waals surface area contributed by atoms with Crippen LogP contribution in [0.1, 0.15) is 179 Å². The number of carbonyl (C=O) groups excluding carboxylic acids is 8. The monoisotopic (exact) mass is 2440 g/mol. The van der Waals surface area contributed by atoms with Crippen LogP contribution in [-0.2, 0) is 30.3 Å². The van der Waals surface area contributed by atoms with Crippen LogP contribution in [-0.4, -0.2) is 299 Å². The van der Waals surface area contributed by atoms with Gasteiger partial charge in [0, 0.05) is 104 Å². The van der Waals surface area contributed by atoms with E-state index in [1.165, 1.54) is 18.5 Å². The van der Waals surface area contributed by atoms with Crippen LogP contribution >= 0.6 is 144 Å². The number of hydrogen-bond donors (Lipinski definition) is 15. The van der Waals surface area contributed by atoms with Crippen molar-refractivity contribution in [2.75, 3.05) is 152 Å². The van der Waals surface area contributed by atoms with Crippen molar-refractivity contribution in [2.24, 2.45) is 38.0 Å². The molecule has 0 saturated carbocycles. The minimum atomic E-state index is -0.764. The summed E-state index contributed by atoms with van der Waals surface area (Å²) in [6.07, 6.45) is 11.6. The molecule has 7 aromatic rings. The molecule has 5 aliphatic rings. The number of anilines is 4. The molecule has 780 valence electrons. The van der Waals surface area contributed by atoms with Crippen LogP contribution in [0.2, 0.25) is 0 Å². The highest BCUT2D eigenvalue weighted by atomic mass is 79.9. The van der Waals surface area contributed by atoms with Gasteiger partial charge in [-0.1, -0.05) is 23.7 Å². The van der Waals surface area contributed by atoms with Gasteiger partial charge in [0.05, 0.1) is 92.4 Å². The van der Waals surface area contributed by atoms with E-state index in [0.717, 1.165) is 32.0 Å². The molecule has 0 aliphatic carbocycles. The van der Waals surface area contributed by atoms with Crippen molar-refractivity contribution in [2.45, 2.75) is 155 Å². The minimum Gasteiger partial charge on any atom is -0.444 e. The average molecular weight is 2450 g/mol. The maximum Gasteiger partial charge on any atom is 0.410 e. The van der Waals surface area contributed by atoms with E-state index in [1.807, 2.05) is 75.2 Å². The molecule has 0 unspecified atom stereocenters. The second kappa shape index (κ2) is 62.0. The summed E-state index contributed by atoms with van der Waals surface area (Å²) in [4.78, 5) is 103. The second-order valence-electron chi connectivity index (χ2n) is 32.7. The number of carbonyl (C=O) groups is 8. The van der Waals surface area contributed by atoms with Crippen LogP contribution in [0.15, 0.2) is 80.4 Å². The minimum absolute atomic E-state index is 0. The number of aliphatic hydroxyl groups is 5. The second-order valence-corrected chi connectivity index (χ2v) is 37.7. The zero-order valence-electron chi connectivity index (χ0n) is 78.6. The fraction of sp³-hybridized carbons (Fsp3) is 0.537. The van der Waals surface area contributed by atoms with Crippen molar-refractivity contribution in [3.8, 4) is 24.5 Å². The average Bonchev–Trinajstić information content (AvgIpc) is 1.56. The van der Waals surface area contributed by atoms with Crippen LogP contribution < -0.4 is 49.5 Å². The summed E-state index contributed by atoms with van der Waals surface area (Å²) in [7, 11) is 0. The number of aromatic nitrogens is 12. The number of aliphatic hydroxyl groups excluding tert-OH is 5. The van der Waals surface area contributed by atoms with E-state index in [1.54, 1.807) is 47.6 Å². The van der Waals surface area contributed by atoms with Gasteiger partial charge in [0.25, 0.3) is 17.7 Å². The lowest BCUT2D eigenvalue weighted by Gasteiger charge is -2.24. The van der Waals surface area contributed by atoms with E-state index < -0.39 is 51.4 Å². The summed E-state index contributed by atoms with van der Waals surface area (Å²) in [5.74, 6) is 0.585. The summed E-state index contributed by atoms with van der Waals surface area (Å²) >= 11 is 28.9. The van der Waals surface area contributed by atoms with E-state index in [9.17, 15) is 52.4 Å². The summed E-state index contributed by atoms with van der Waals surface area (Å²) in [5.41, 5.74) is 27.1. The molecule has 1 aromatic carbocycles. The summed E-state index contributed by atoms with van der Waals surface area (Å²) in [5, 5.41) is 104. The highest BCUT2D eigenvalue weighted by Gasteiger charge is 2.39. The Hall–Kier alpha value is -9.86. The van der Waals surface area contributed by atoms with E-state index in [0.29, 0.717) is 171 Å². The Bertz CT molecular complexity index is 5530. The molecular weight excluding hydrogens is 2330 g/mol. The van der Waals surface area contributed by atoms with Gasteiger partial charge in [-0.15, -0.1) is 31.2 Å². The van der Waals surface area contributed by atoms with Gasteiger partial charge in [-0.25, -0.2) is 46.9 Å². The lowest BCUT2D eigenvalue weighted by molar-refractivity contribution is -0.125.